The lowest BCUT2D eigenvalue weighted by molar-refractivity contribution is 0.189. The minimum Gasteiger partial charge on any atom is -0.335 e. The maximum Gasteiger partial charge on any atom is 0.317 e. The van der Waals surface area contributed by atoms with E-state index in [9.17, 15) is 4.79 Å². The summed E-state index contributed by atoms with van der Waals surface area (Å²) in [5.41, 5.74) is 1.16. The second-order valence-corrected chi connectivity index (χ2v) is 5.67. The predicted molar refractivity (Wildman–Crippen MR) is 80.6 cm³/mol. The Bertz CT molecular complexity index is 399. The van der Waals surface area contributed by atoms with Crippen molar-refractivity contribution < 1.29 is 4.79 Å². The van der Waals surface area contributed by atoms with Gasteiger partial charge < -0.3 is 10.2 Å². The van der Waals surface area contributed by atoms with E-state index in [2.05, 4.69) is 17.2 Å². The number of hydrogen-bond donors (Lipinski definition) is 1. The number of pyridine rings is 1. The van der Waals surface area contributed by atoms with E-state index in [-0.39, 0.29) is 12.1 Å². The molecular formula is C16H25N3O. The molecule has 0 saturated carbocycles. The molecule has 0 bridgehead atoms. The van der Waals surface area contributed by atoms with Crippen molar-refractivity contribution in [2.45, 2.75) is 51.5 Å². The number of rotatable bonds is 3. The molecule has 1 atom stereocenters. The minimum absolute atomic E-state index is 0.0864. The van der Waals surface area contributed by atoms with Crippen LogP contribution in [0.15, 0.2) is 24.5 Å². The summed E-state index contributed by atoms with van der Waals surface area (Å²) >= 11 is 0. The number of carbonyl (C=O) groups is 1. The Hall–Kier alpha value is -1.58. The van der Waals surface area contributed by atoms with Gasteiger partial charge in [-0.25, -0.2) is 4.79 Å². The molecule has 1 aromatic heterocycles. The first-order chi connectivity index (χ1) is 9.75. The van der Waals surface area contributed by atoms with E-state index < -0.39 is 0 Å². The zero-order valence-corrected chi connectivity index (χ0v) is 12.3. The number of amides is 2. The van der Waals surface area contributed by atoms with Crippen molar-refractivity contribution in [1.82, 2.24) is 15.2 Å². The SMILES string of the molecule is C[C@@H](Cc1cccnc1)NC(=O)N1CCCCCCC1. The summed E-state index contributed by atoms with van der Waals surface area (Å²) in [6.45, 7) is 3.84. The van der Waals surface area contributed by atoms with Gasteiger partial charge in [-0.15, -0.1) is 0 Å². The Morgan fingerprint density at radius 2 is 2.00 bits per heavy atom. The average Bonchev–Trinajstić information content (AvgIpc) is 2.38. The number of urea groups is 1. The highest BCUT2D eigenvalue weighted by Gasteiger charge is 2.16. The van der Waals surface area contributed by atoms with Crippen LogP contribution >= 0.6 is 0 Å². The van der Waals surface area contributed by atoms with Gasteiger partial charge >= 0.3 is 6.03 Å². The lowest BCUT2D eigenvalue weighted by Gasteiger charge is -2.26. The van der Waals surface area contributed by atoms with Gasteiger partial charge in [0.1, 0.15) is 0 Å². The molecule has 2 rings (SSSR count). The van der Waals surface area contributed by atoms with Gasteiger partial charge in [0.25, 0.3) is 0 Å². The normalized spacial score (nSPS) is 17.9. The van der Waals surface area contributed by atoms with Crippen molar-refractivity contribution in [2.75, 3.05) is 13.1 Å². The van der Waals surface area contributed by atoms with Crippen molar-refractivity contribution >= 4 is 6.03 Å². The van der Waals surface area contributed by atoms with Crippen LogP contribution in [0.5, 0.6) is 0 Å². The van der Waals surface area contributed by atoms with E-state index in [0.29, 0.717) is 0 Å². The fourth-order valence-corrected chi connectivity index (χ4v) is 2.68. The van der Waals surface area contributed by atoms with Crippen molar-refractivity contribution in [1.29, 1.82) is 0 Å². The zero-order valence-electron chi connectivity index (χ0n) is 12.3. The first kappa shape index (κ1) is 14.8. The van der Waals surface area contributed by atoms with Gasteiger partial charge in [0.05, 0.1) is 0 Å². The molecule has 0 aliphatic carbocycles. The molecule has 2 heterocycles. The second kappa shape index (κ2) is 7.88. The first-order valence-corrected chi connectivity index (χ1v) is 7.70. The van der Waals surface area contributed by atoms with Crippen molar-refractivity contribution in [3.05, 3.63) is 30.1 Å². The van der Waals surface area contributed by atoms with E-state index in [4.69, 9.17) is 0 Å². The first-order valence-electron chi connectivity index (χ1n) is 7.70. The zero-order chi connectivity index (χ0) is 14.2. The molecular weight excluding hydrogens is 250 g/mol. The smallest absolute Gasteiger partial charge is 0.317 e. The number of aromatic nitrogens is 1. The lowest BCUT2D eigenvalue weighted by atomic mass is 10.1. The highest BCUT2D eigenvalue weighted by Crippen LogP contribution is 2.11. The molecule has 1 aliphatic rings. The summed E-state index contributed by atoms with van der Waals surface area (Å²) in [6.07, 6.45) is 10.5. The Morgan fingerprint density at radius 1 is 1.30 bits per heavy atom. The minimum atomic E-state index is 0.0864. The Kier molecular flexibility index (Phi) is 5.84. The van der Waals surface area contributed by atoms with Gasteiger partial charge in [-0.05, 0) is 37.8 Å². The number of carbonyl (C=O) groups excluding carboxylic acids is 1. The van der Waals surface area contributed by atoms with Crippen LogP contribution in [-0.4, -0.2) is 35.0 Å². The molecule has 20 heavy (non-hydrogen) atoms. The largest absolute Gasteiger partial charge is 0.335 e. The van der Waals surface area contributed by atoms with Gasteiger partial charge in [-0.2, -0.15) is 0 Å². The maximum absolute atomic E-state index is 12.3. The quantitative estimate of drug-likeness (QED) is 0.921. The highest BCUT2D eigenvalue weighted by molar-refractivity contribution is 5.74. The second-order valence-electron chi connectivity index (χ2n) is 5.67. The Morgan fingerprint density at radius 3 is 2.65 bits per heavy atom. The molecule has 0 aromatic carbocycles. The number of hydrogen-bond acceptors (Lipinski definition) is 2. The van der Waals surface area contributed by atoms with Gasteiger partial charge in [0.2, 0.25) is 0 Å². The van der Waals surface area contributed by atoms with Crippen LogP contribution in [-0.2, 0) is 6.42 Å². The molecule has 0 spiro atoms. The van der Waals surface area contributed by atoms with Crippen molar-refractivity contribution in [3.63, 3.8) is 0 Å². The molecule has 1 N–H and O–H groups in total. The van der Waals surface area contributed by atoms with Gasteiger partial charge in [0.15, 0.2) is 0 Å². The summed E-state index contributed by atoms with van der Waals surface area (Å²) in [7, 11) is 0. The molecule has 0 unspecified atom stereocenters. The van der Waals surface area contributed by atoms with Crippen LogP contribution < -0.4 is 5.32 Å². The molecule has 1 fully saturated rings. The number of nitrogens with zero attached hydrogens (tertiary/aromatic N) is 2. The van der Waals surface area contributed by atoms with Gasteiger partial charge in [-0.3, -0.25) is 4.98 Å². The van der Waals surface area contributed by atoms with Crippen LogP contribution in [0.25, 0.3) is 0 Å². The maximum atomic E-state index is 12.3. The Balaban J connectivity index is 1.80. The Labute approximate surface area is 121 Å². The molecule has 110 valence electrons. The van der Waals surface area contributed by atoms with E-state index in [1.54, 1.807) is 6.20 Å². The monoisotopic (exact) mass is 275 g/mol. The standard InChI is InChI=1S/C16H25N3O/c1-14(12-15-8-7-9-17-13-15)18-16(20)19-10-5-3-2-4-6-11-19/h7-9,13-14H,2-6,10-12H2,1H3,(H,18,20)/t14-/m0/s1. The third-order valence-electron chi connectivity index (χ3n) is 3.78. The molecule has 4 heteroatoms. The molecule has 0 radical (unpaired) electrons. The third kappa shape index (κ3) is 4.83. The molecule has 1 aliphatic heterocycles. The average molecular weight is 275 g/mol. The predicted octanol–water partition coefficient (Wildman–Crippen LogP) is 2.99. The number of likely N-dealkylation sites (tertiary alicyclic amines) is 1. The summed E-state index contributed by atoms with van der Waals surface area (Å²) < 4.78 is 0. The van der Waals surface area contributed by atoms with Crippen molar-refractivity contribution in [3.8, 4) is 0 Å². The summed E-state index contributed by atoms with van der Waals surface area (Å²) in [4.78, 5) is 18.3. The summed E-state index contributed by atoms with van der Waals surface area (Å²) in [6, 6.07) is 4.20. The fourth-order valence-electron chi connectivity index (χ4n) is 2.68. The van der Waals surface area contributed by atoms with Crippen molar-refractivity contribution in [2.24, 2.45) is 0 Å². The fraction of sp³-hybridized carbons (Fsp3) is 0.625. The highest BCUT2D eigenvalue weighted by atomic mass is 16.2. The van der Waals surface area contributed by atoms with E-state index in [1.807, 2.05) is 23.2 Å². The topological polar surface area (TPSA) is 45.2 Å². The molecule has 1 aromatic rings. The van der Waals surface area contributed by atoms with Crippen LogP contribution in [0.3, 0.4) is 0 Å². The lowest BCUT2D eigenvalue weighted by Crippen LogP contribution is -2.45. The van der Waals surface area contributed by atoms with Gasteiger partial charge in [0, 0.05) is 31.5 Å². The van der Waals surface area contributed by atoms with Crippen LogP contribution in [0.4, 0.5) is 4.79 Å². The molecule has 1 saturated heterocycles. The third-order valence-corrected chi connectivity index (χ3v) is 3.78. The summed E-state index contributed by atoms with van der Waals surface area (Å²) in [5.74, 6) is 0. The van der Waals surface area contributed by atoms with Crippen LogP contribution in [0, 0.1) is 0 Å². The van der Waals surface area contributed by atoms with Crippen LogP contribution in [0.1, 0.15) is 44.6 Å². The number of nitrogens with one attached hydrogen (secondary N) is 1. The van der Waals surface area contributed by atoms with E-state index >= 15 is 0 Å². The molecule has 4 nitrogen and oxygen atoms in total. The van der Waals surface area contributed by atoms with Crippen LogP contribution in [0.2, 0.25) is 0 Å². The van der Waals surface area contributed by atoms with E-state index in [1.165, 1.54) is 19.3 Å². The molecule has 2 amide bonds. The van der Waals surface area contributed by atoms with Gasteiger partial charge in [-0.1, -0.05) is 25.3 Å². The summed E-state index contributed by atoms with van der Waals surface area (Å²) in [5, 5.41) is 3.11. The van der Waals surface area contributed by atoms with E-state index in [0.717, 1.165) is 37.9 Å².